The Hall–Kier alpha value is -0.955. The summed E-state index contributed by atoms with van der Waals surface area (Å²) < 4.78 is 0. The molecule has 1 radical (unpaired) electrons. The number of aliphatic carboxylic acids is 4. The summed E-state index contributed by atoms with van der Waals surface area (Å²) in [5.74, 6) is -4.08. The summed E-state index contributed by atoms with van der Waals surface area (Å²) in [6, 6.07) is 0. The van der Waals surface area contributed by atoms with Crippen LogP contribution in [0.15, 0.2) is 0 Å². The molecule has 173 valence electrons. The Bertz CT molecular complexity index is 294. The van der Waals surface area contributed by atoms with Gasteiger partial charge in [-0.3, -0.25) is 4.79 Å². The van der Waals surface area contributed by atoms with Gasteiger partial charge in [0.25, 0.3) is 5.97 Å². The smallest absolute Gasteiger partial charge is 0.550 e. The van der Waals surface area contributed by atoms with Crippen LogP contribution in [0.3, 0.4) is 0 Å². The van der Waals surface area contributed by atoms with E-state index in [0.717, 1.165) is 40.8 Å². The molecule has 0 aromatic rings. The van der Waals surface area contributed by atoms with Crippen molar-refractivity contribution in [1.29, 1.82) is 0 Å². The monoisotopic (exact) mass is 567 g/mol. The van der Waals surface area contributed by atoms with Gasteiger partial charge in [-0.05, 0) is 33.6 Å². The van der Waals surface area contributed by atoms with Gasteiger partial charge in [-0.2, -0.15) is 11.1 Å². The largest absolute Gasteiger partial charge is 3.00 e. The molecule has 1 aliphatic rings. The zero-order chi connectivity index (χ0) is 22.8. The number of hydrogen-bond acceptors (Lipinski definition) is 11. The van der Waals surface area contributed by atoms with E-state index in [2.05, 4.69) is 21.9 Å². The van der Waals surface area contributed by atoms with Crippen molar-refractivity contribution in [3.63, 3.8) is 0 Å². The van der Waals surface area contributed by atoms with E-state index in [0.29, 0.717) is 0 Å². The molecule has 0 aromatic carbocycles. The summed E-state index contributed by atoms with van der Waals surface area (Å²) in [4.78, 5) is 35.7. The third-order valence-corrected chi connectivity index (χ3v) is 2.09. The fraction of sp³-hybridized carbons (Fsp3) is 0.750. The van der Waals surface area contributed by atoms with Crippen molar-refractivity contribution in [1.82, 2.24) is 21.9 Å². The number of nitrogens with one attached hydrogen (secondary N) is 4. The summed E-state index contributed by atoms with van der Waals surface area (Å²) in [5, 5.41) is 34.1. The molecule has 1 fully saturated rings. The Morgan fingerprint density at radius 3 is 1.00 bits per heavy atom. The molecule has 0 atom stereocenters. The third kappa shape index (κ3) is 139. The van der Waals surface area contributed by atoms with E-state index in [1.165, 1.54) is 38.5 Å². The van der Waals surface area contributed by atoms with Crippen molar-refractivity contribution in [2.45, 2.75) is 66.2 Å². The average Bonchev–Trinajstić information content (AvgIpc) is 2.45. The molecule has 1 aliphatic heterocycles. The summed E-state index contributed by atoms with van der Waals surface area (Å²) in [5.41, 5.74) is 11.9. The summed E-state index contributed by atoms with van der Waals surface area (Å²) in [6.07, 6.45) is 7.98. The van der Waals surface area contributed by atoms with Gasteiger partial charge in [0.05, 0.1) is 0 Å². The molecule has 0 spiro atoms. The molecule has 29 heavy (non-hydrogen) atoms. The second-order valence-electron chi connectivity index (χ2n) is 5.22. The second-order valence-corrected chi connectivity index (χ2v) is 5.22. The van der Waals surface area contributed by atoms with Crippen molar-refractivity contribution in [3.05, 3.63) is 0 Å². The van der Waals surface area contributed by atoms with Crippen molar-refractivity contribution in [3.8, 4) is 0 Å². The molecule has 1 rings (SSSR count). The standard InChI is InChI=1S/C8H20N4.4C2H4O2.Gd/c1-2-4-6-8-10-12-11-9-7-5-3-1;4*1-2(3)4;/h9-12H,1-8H2;4*1H3,(H,3,4);/q;;;;;+3/p-3. The van der Waals surface area contributed by atoms with E-state index in [4.69, 9.17) is 39.6 Å². The van der Waals surface area contributed by atoms with Crippen LogP contribution in [0.2, 0.25) is 0 Å². The first-order chi connectivity index (χ1) is 12.9. The maximum absolute atomic E-state index is 9.00. The van der Waals surface area contributed by atoms with Crippen LogP contribution >= 0.6 is 0 Å². The molecule has 13 heteroatoms. The average molecular weight is 567 g/mol. The summed E-state index contributed by atoms with van der Waals surface area (Å²) >= 11 is 0. The van der Waals surface area contributed by atoms with Crippen molar-refractivity contribution < 1.29 is 79.5 Å². The van der Waals surface area contributed by atoms with Crippen LogP contribution in [0.5, 0.6) is 0 Å². The summed E-state index contributed by atoms with van der Waals surface area (Å²) in [7, 11) is 0. The van der Waals surface area contributed by atoms with Gasteiger partial charge in [-0.25, -0.2) is 10.9 Å². The molecule has 0 saturated carbocycles. The molecule has 0 amide bonds. The van der Waals surface area contributed by atoms with Gasteiger partial charge in [0.15, 0.2) is 0 Å². The van der Waals surface area contributed by atoms with Crippen LogP contribution in [0.1, 0.15) is 66.2 Å². The van der Waals surface area contributed by atoms with Crippen molar-refractivity contribution in [2.24, 2.45) is 0 Å². The summed E-state index contributed by atoms with van der Waals surface area (Å²) in [6.45, 7) is 6.07. The molecule has 5 N–H and O–H groups in total. The SMILES string of the molecule is C1CCCCNNNNCCC1.CC(=O)O.CC(=O)[O-].CC(=O)[O-].CC(=O)[O-].[Gd+3]. The van der Waals surface area contributed by atoms with Crippen LogP contribution in [-0.2, 0) is 19.2 Å². The predicted octanol–water partition coefficient (Wildman–Crippen LogP) is -3.20. The van der Waals surface area contributed by atoms with Crippen LogP contribution < -0.4 is 37.2 Å². The maximum Gasteiger partial charge on any atom is 3.00 e. The molecule has 0 aliphatic carbocycles. The zero-order valence-corrected chi connectivity index (χ0v) is 19.6. The molecule has 0 unspecified atom stereocenters. The van der Waals surface area contributed by atoms with E-state index in [-0.39, 0.29) is 39.9 Å². The quantitative estimate of drug-likeness (QED) is 0.197. The van der Waals surface area contributed by atoms with Gasteiger partial charge in [0.2, 0.25) is 0 Å². The van der Waals surface area contributed by atoms with Crippen LogP contribution in [0.25, 0.3) is 0 Å². The predicted molar refractivity (Wildman–Crippen MR) is 95.3 cm³/mol. The Morgan fingerprint density at radius 1 is 0.621 bits per heavy atom. The van der Waals surface area contributed by atoms with Crippen molar-refractivity contribution in [2.75, 3.05) is 13.1 Å². The van der Waals surface area contributed by atoms with Crippen LogP contribution in [-0.4, -0.2) is 42.1 Å². The number of rotatable bonds is 0. The van der Waals surface area contributed by atoms with Crippen LogP contribution in [0, 0.1) is 39.9 Å². The Kier molecular flexibility index (Phi) is 46.0. The number of carboxylic acids is 4. The zero-order valence-electron chi connectivity index (χ0n) is 17.3. The third-order valence-electron chi connectivity index (χ3n) is 2.09. The minimum atomic E-state index is -1.08. The molecule has 1 heterocycles. The molecule has 1 saturated heterocycles. The number of carbonyl (C=O) groups is 4. The maximum atomic E-state index is 9.00. The topological polar surface area (TPSA) is 206 Å². The molecular weight excluding hydrogens is 533 g/mol. The van der Waals surface area contributed by atoms with Gasteiger partial charge >= 0.3 is 39.9 Å². The van der Waals surface area contributed by atoms with Gasteiger partial charge in [0, 0.05) is 37.9 Å². The number of carbonyl (C=O) groups excluding carboxylic acids is 3. The van der Waals surface area contributed by atoms with E-state index in [1.54, 1.807) is 0 Å². The molecular formula is C16H33GdN4O8. The van der Waals surface area contributed by atoms with E-state index in [1.807, 2.05) is 0 Å². The first-order valence-corrected chi connectivity index (χ1v) is 8.61. The number of carboxylic acid groups (broad SMARTS) is 4. The van der Waals surface area contributed by atoms with Gasteiger partial charge in [-0.1, -0.05) is 25.7 Å². The van der Waals surface area contributed by atoms with E-state index in [9.17, 15) is 0 Å². The Balaban J connectivity index is -0.0000000949. The Labute approximate surface area is 203 Å². The first-order valence-electron chi connectivity index (χ1n) is 8.61. The van der Waals surface area contributed by atoms with Gasteiger partial charge in [-0.15, -0.1) is 0 Å². The minimum absolute atomic E-state index is 0. The number of hydrazine groups is 3. The first kappa shape index (κ1) is 38.6. The molecule has 0 aromatic heterocycles. The minimum Gasteiger partial charge on any atom is -0.550 e. The van der Waals surface area contributed by atoms with E-state index >= 15 is 0 Å². The Morgan fingerprint density at radius 2 is 0.793 bits per heavy atom. The molecule has 0 bridgehead atoms. The second kappa shape index (κ2) is 34.5. The van der Waals surface area contributed by atoms with Crippen molar-refractivity contribution >= 4 is 23.9 Å². The van der Waals surface area contributed by atoms with E-state index < -0.39 is 23.9 Å². The fourth-order valence-electron chi connectivity index (χ4n) is 1.35. The number of hydrogen-bond donors (Lipinski definition) is 5. The van der Waals surface area contributed by atoms with Crippen LogP contribution in [0.4, 0.5) is 0 Å². The van der Waals surface area contributed by atoms with Gasteiger partial charge in [0.1, 0.15) is 0 Å². The fourth-order valence-corrected chi connectivity index (χ4v) is 1.35. The normalized spacial score (nSPS) is 13.4. The van der Waals surface area contributed by atoms with Gasteiger partial charge < -0.3 is 34.8 Å². The molecule has 12 nitrogen and oxygen atoms in total.